The number of aryl methyl sites for hydroxylation is 1. The van der Waals surface area contributed by atoms with Crippen LogP contribution in [0.1, 0.15) is 28.8 Å². The van der Waals surface area contributed by atoms with E-state index in [2.05, 4.69) is 27.9 Å². The highest BCUT2D eigenvalue weighted by atomic mass is 127. The van der Waals surface area contributed by atoms with Gasteiger partial charge in [0.1, 0.15) is 0 Å². The van der Waals surface area contributed by atoms with Crippen molar-refractivity contribution < 1.29 is 4.79 Å². The van der Waals surface area contributed by atoms with Gasteiger partial charge in [-0.05, 0) is 54.0 Å². The Morgan fingerprint density at radius 1 is 1.50 bits per heavy atom. The minimum Gasteiger partial charge on any atom is -0.349 e. The molecule has 1 aliphatic carbocycles. The second kappa shape index (κ2) is 3.88. The molecule has 0 radical (unpaired) electrons. The molecule has 0 unspecified atom stereocenters. The van der Waals surface area contributed by atoms with Crippen molar-refractivity contribution in [3.8, 4) is 0 Å². The van der Waals surface area contributed by atoms with Gasteiger partial charge in [-0.25, -0.2) is 0 Å². The zero-order valence-electron chi connectivity index (χ0n) is 8.01. The van der Waals surface area contributed by atoms with Gasteiger partial charge in [0.05, 0.1) is 5.56 Å². The molecule has 0 spiro atoms. The number of rotatable bonds is 2. The molecule has 0 saturated heterocycles. The monoisotopic (exact) mass is 301 g/mol. The highest BCUT2D eigenvalue weighted by Gasteiger charge is 2.25. The van der Waals surface area contributed by atoms with Crippen molar-refractivity contribution in [2.75, 3.05) is 0 Å². The van der Waals surface area contributed by atoms with Crippen LogP contribution in [0.3, 0.4) is 0 Å². The van der Waals surface area contributed by atoms with Crippen molar-refractivity contribution in [3.05, 3.63) is 32.9 Å². The fraction of sp³-hybridized carbons (Fsp3) is 0.364. The summed E-state index contributed by atoms with van der Waals surface area (Å²) in [7, 11) is 0. The number of hydrogen-bond donors (Lipinski definition) is 1. The van der Waals surface area contributed by atoms with Crippen LogP contribution < -0.4 is 5.32 Å². The smallest absolute Gasteiger partial charge is 0.252 e. The maximum atomic E-state index is 11.8. The second-order valence-electron chi connectivity index (χ2n) is 3.68. The highest BCUT2D eigenvalue weighted by molar-refractivity contribution is 14.1. The average molecular weight is 301 g/mol. The molecule has 1 amide bonds. The van der Waals surface area contributed by atoms with E-state index < -0.39 is 0 Å². The van der Waals surface area contributed by atoms with Gasteiger partial charge in [0.25, 0.3) is 5.91 Å². The Morgan fingerprint density at radius 3 is 2.79 bits per heavy atom. The van der Waals surface area contributed by atoms with E-state index in [0.29, 0.717) is 6.04 Å². The number of carbonyl (C=O) groups excluding carboxylic acids is 1. The number of benzene rings is 1. The molecule has 0 bridgehead atoms. The van der Waals surface area contributed by atoms with Crippen LogP contribution in [-0.2, 0) is 0 Å². The van der Waals surface area contributed by atoms with Crippen molar-refractivity contribution in [2.24, 2.45) is 0 Å². The Hall–Kier alpha value is -0.580. The lowest BCUT2D eigenvalue weighted by molar-refractivity contribution is 0.0949. The molecule has 1 aromatic carbocycles. The van der Waals surface area contributed by atoms with Gasteiger partial charge in [0.2, 0.25) is 0 Å². The third-order valence-electron chi connectivity index (χ3n) is 2.36. The van der Waals surface area contributed by atoms with E-state index in [1.54, 1.807) is 0 Å². The van der Waals surface area contributed by atoms with Crippen LogP contribution in [0.15, 0.2) is 18.2 Å². The average Bonchev–Trinajstić information content (AvgIpc) is 2.87. The van der Waals surface area contributed by atoms with Crippen LogP contribution >= 0.6 is 22.6 Å². The van der Waals surface area contributed by atoms with Crippen molar-refractivity contribution in [2.45, 2.75) is 25.8 Å². The third kappa shape index (κ3) is 2.08. The zero-order valence-corrected chi connectivity index (χ0v) is 10.2. The summed E-state index contributed by atoms with van der Waals surface area (Å²) < 4.78 is 1.03. The topological polar surface area (TPSA) is 29.1 Å². The van der Waals surface area contributed by atoms with Crippen LogP contribution in [0.4, 0.5) is 0 Å². The first-order valence-corrected chi connectivity index (χ1v) is 5.82. The van der Waals surface area contributed by atoms with Crippen molar-refractivity contribution >= 4 is 28.5 Å². The molecular weight excluding hydrogens is 289 g/mol. The number of halogens is 1. The molecule has 2 rings (SSSR count). The summed E-state index contributed by atoms with van der Waals surface area (Å²) in [5, 5.41) is 3.01. The molecule has 0 heterocycles. The summed E-state index contributed by atoms with van der Waals surface area (Å²) in [6.45, 7) is 1.98. The lowest BCUT2D eigenvalue weighted by Crippen LogP contribution is -2.26. The maximum absolute atomic E-state index is 11.8. The summed E-state index contributed by atoms with van der Waals surface area (Å²) in [4.78, 5) is 11.8. The van der Waals surface area contributed by atoms with E-state index >= 15 is 0 Å². The summed E-state index contributed by atoms with van der Waals surface area (Å²) in [5.41, 5.74) is 1.88. The van der Waals surface area contributed by atoms with Crippen LogP contribution in [0.25, 0.3) is 0 Å². The van der Waals surface area contributed by atoms with E-state index in [1.165, 1.54) is 0 Å². The Kier molecular flexibility index (Phi) is 2.76. The van der Waals surface area contributed by atoms with E-state index in [0.717, 1.165) is 27.5 Å². The fourth-order valence-corrected chi connectivity index (χ4v) is 2.28. The molecule has 0 aromatic heterocycles. The quantitative estimate of drug-likeness (QED) is 0.836. The van der Waals surface area contributed by atoms with Crippen LogP contribution in [0.2, 0.25) is 0 Å². The van der Waals surface area contributed by atoms with Crippen molar-refractivity contribution in [1.29, 1.82) is 0 Å². The first kappa shape index (κ1) is 9.96. The zero-order chi connectivity index (χ0) is 10.1. The van der Waals surface area contributed by atoms with Crippen LogP contribution in [0, 0.1) is 10.5 Å². The molecule has 0 aliphatic heterocycles. The second-order valence-corrected chi connectivity index (χ2v) is 4.84. The molecule has 2 nitrogen and oxygen atoms in total. The van der Waals surface area contributed by atoms with E-state index in [-0.39, 0.29) is 5.91 Å². The molecular formula is C11H12INO. The standard InChI is InChI=1S/C11H12INO/c1-7-3-2-4-9(12)10(7)11(14)13-8-5-6-8/h2-4,8H,5-6H2,1H3,(H,13,14). The lowest BCUT2D eigenvalue weighted by atomic mass is 10.1. The number of hydrogen-bond acceptors (Lipinski definition) is 1. The molecule has 3 heteroatoms. The third-order valence-corrected chi connectivity index (χ3v) is 3.26. The first-order chi connectivity index (χ1) is 6.68. The molecule has 1 aliphatic rings. The number of carbonyl (C=O) groups is 1. The molecule has 1 N–H and O–H groups in total. The van der Waals surface area contributed by atoms with Gasteiger partial charge in [-0.2, -0.15) is 0 Å². The van der Waals surface area contributed by atoms with Gasteiger partial charge in [-0.1, -0.05) is 12.1 Å². The number of amides is 1. The lowest BCUT2D eigenvalue weighted by Gasteiger charge is -2.08. The Labute approximate surface area is 97.2 Å². The molecule has 1 fully saturated rings. The molecule has 1 saturated carbocycles. The fourth-order valence-electron chi connectivity index (χ4n) is 1.40. The minimum atomic E-state index is 0.0787. The van der Waals surface area contributed by atoms with Gasteiger partial charge in [-0.3, -0.25) is 4.79 Å². The van der Waals surface area contributed by atoms with Gasteiger partial charge in [-0.15, -0.1) is 0 Å². The maximum Gasteiger partial charge on any atom is 0.252 e. The minimum absolute atomic E-state index is 0.0787. The Balaban J connectivity index is 2.24. The van der Waals surface area contributed by atoms with E-state index in [9.17, 15) is 4.79 Å². The normalized spacial score (nSPS) is 15.3. The van der Waals surface area contributed by atoms with Crippen molar-refractivity contribution in [3.63, 3.8) is 0 Å². The summed E-state index contributed by atoms with van der Waals surface area (Å²) in [5.74, 6) is 0.0787. The highest BCUT2D eigenvalue weighted by Crippen LogP contribution is 2.21. The molecule has 14 heavy (non-hydrogen) atoms. The Bertz CT molecular complexity index is 351. The van der Waals surface area contributed by atoms with Crippen molar-refractivity contribution in [1.82, 2.24) is 5.32 Å². The van der Waals surface area contributed by atoms with E-state index in [1.807, 2.05) is 25.1 Å². The molecule has 0 atom stereocenters. The summed E-state index contributed by atoms with van der Waals surface area (Å²) in [6.07, 6.45) is 2.27. The first-order valence-electron chi connectivity index (χ1n) is 4.74. The summed E-state index contributed by atoms with van der Waals surface area (Å²) in [6, 6.07) is 6.35. The summed E-state index contributed by atoms with van der Waals surface area (Å²) >= 11 is 2.21. The van der Waals surface area contributed by atoms with Crippen LogP contribution in [0.5, 0.6) is 0 Å². The predicted octanol–water partition coefficient (Wildman–Crippen LogP) is 2.49. The van der Waals surface area contributed by atoms with Gasteiger partial charge in [0.15, 0.2) is 0 Å². The van der Waals surface area contributed by atoms with E-state index in [4.69, 9.17) is 0 Å². The Morgan fingerprint density at radius 2 is 2.21 bits per heavy atom. The van der Waals surface area contributed by atoms with Gasteiger partial charge >= 0.3 is 0 Å². The predicted molar refractivity (Wildman–Crippen MR) is 64.4 cm³/mol. The largest absolute Gasteiger partial charge is 0.349 e. The molecule has 74 valence electrons. The molecule has 1 aromatic rings. The van der Waals surface area contributed by atoms with Crippen LogP contribution in [-0.4, -0.2) is 11.9 Å². The van der Waals surface area contributed by atoms with Gasteiger partial charge < -0.3 is 5.32 Å². The SMILES string of the molecule is Cc1cccc(I)c1C(=O)NC1CC1. The number of nitrogens with one attached hydrogen (secondary N) is 1. The van der Waals surface area contributed by atoms with Gasteiger partial charge in [0, 0.05) is 9.61 Å².